The molecule has 0 aliphatic heterocycles. The summed E-state index contributed by atoms with van der Waals surface area (Å²) in [5, 5.41) is 19.0. The van der Waals surface area contributed by atoms with Crippen LogP contribution in [0.1, 0.15) is 19.4 Å². The number of rotatable bonds is 6. The van der Waals surface area contributed by atoms with Gasteiger partial charge in [0.05, 0.1) is 25.4 Å². The van der Waals surface area contributed by atoms with Gasteiger partial charge in [0.1, 0.15) is 0 Å². The Balaban J connectivity index is 2.25. The van der Waals surface area contributed by atoms with E-state index in [0.29, 0.717) is 6.61 Å². The van der Waals surface area contributed by atoms with Gasteiger partial charge >= 0.3 is 0 Å². The van der Waals surface area contributed by atoms with Crippen molar-refractivity contribution < 1.29 is 14.9 Å². The van der Waals surface area contributed by atoms with Crippen molar-refractivity contribution in [3.05, 3.63) is 35.9 Å². The highest BCUT2D eigenvalue weighted by Gasteiger charge is 2.18. The summed E-state index contributed by atoms with van der Waals surface area (Å²) in [7, 11) is 0. The fourth-order valence-corrected chi connectivity index (χ4v) is 1.35. The first kappa shape index (κ1) is 13.2. The third-order valence-electron chi connectivity index (χ3n) is 2.77. The highest BCUT2D eigenvalue weighted by atomic mass is 16.5. The van der Waals surface area contributed by atoms with Gasteiger partial charge in [-0.15, -0.1) is 0 Å². The molecule has 16 heavy (non-hydrogen) atoms. The van der Waals surface area contributed by atoms with Gasteiger partial charge in [-0.3, -0.25) is 0 Å². The first-order valence-electron chi connectivity index (χ1n) is 5.59. The molecule has 0 aromatic heterocycles. The molecule has 0 unspecified atom stereocenters. The van der Waals surface area contributed by atoms with Crippen molar-refractivity contribution in [2.24, 2.45) is 5.92 Å². The van der Waals surface area contributed by atoms with Crippen LogP contribution in [-0.2, 0) is 11.3 Å². The molecule has 3 nitrogen and oxygen atoms in total. The van der Waals surface area contributed by atoms with Gasteiger partial charge < -0.3 is 14.9 Å². The zero-order valence-electron chi connectivity index (χ0n) is 9.84. The molecule has 3 atom stereocenters. The molecule has 1 rings (SSSR count). The zero-order chi connectivity index (χ0) is 12.0. The molecule has 0 spiro atoms. The van der Waals surface area contributed by atoms with Gasteiger partial charge in [0, 0.05) is 5.92 Å². The van der Waals surface area contributed by atoms with E-state index in [1.165, 1.54) is 0 Å². The standard InChI is InChI=1S/C13H20O3/c1-10(11(2)14)13(15)9-16-8-12-6-4-3-5-7-12/h3-7,10-11,13-15H,8-9H2,1-2H3/t10-,11-,13-/m0/s1. The highest BCUT2D eigenvalue weighted by Crippen LogP contribution is 2.09. The Morgan fingerprint density at radius 1 is 1.12 bits per heavy atom. The fourth-order valence-electron chi connectivity index (χ4n) is 1.35. The minimum absolute atomic E-state index is 0.171. The summed E-state index contributed by atoms with van der Waals surface area (Å²) in [4.78, 5) is 0. The smallest absolute Gasteiger partial charge is 0.0823 e. The van der Waals surface area contributed by atoms with Gasteiger partial charge in [-0.25, -0.2) is 0 Å². The second kappa shape index (κ2) is 6.63. The van der Waals surface area contributed by atoms with Crippen LogP contribution in [0.5, 0.6) is 0 Å². The number of aliphatic hydroxyl groups excluding tert-OH is 2. The fraction of sp³-hybridized carbons (Fsp3) is 0.538. The Labute approximate surface area is 96.7 Å². The molecule has 2 N–H and O–H groups in total. The molecule has 0 saturated carbocycles. The molecule has 0 fully saturated rings. The van der Waals surface area contributed by atoms with Gasteiger partial charge in [0.15, 0.2) is 0 Å². The molecule has 3 heteroatoms. The van der Waals surface area contributed by atoms with E-state index >= 15 is 0 Å². The summed E-state index contributed by atoms with van der Waals surface area (Å²) in [6.45, 7) is 4.22. The summed E-state index contributed by atoms with van der Waals surface area (Å²) >= 11 is 0. The molecule has 0 saturated heterocycles. The van der Waals surface area contributed by atoms with Crippen molar-refractivity contribution in [2.75, 3.05) is 6.61 Å². The van der Waals surface area contributed by atoms with Crippen LogP contribution in [0.2, 0.25) is 0 Å². The molecule has 1 aromatic rings. The van der Waals surface area contributed by atoms with Crippen molar-refractivity contribution in [3.8, 4) is 0 Å². The van der Waals surface area contributed by atoms with Crippen molar-refractivity contribution in [1.29, 1.82) is 0 Å². The lowest BCUT2D eigenvalue weighted by Gasteiger charge is -2.21. The Hall–Kier alpha value is -0.900. The van der Waals surface area contributed by atoms with Gasteiger partial charge in [0.2, 0.25) is 0 Å². The van der Waals surface area contributed by atoms with Crippen LogP contribution in [0.15, 0.2) is 30.3 Å². The van der Waals surface area contributed by atoms with Crippen molar-refractivity contribution in [2.45, 2.75) is 32.7 Å². The normalized spacial score (nSPS) is 16.8. The molecule has 0 heterocycles. The van der Waals surface area contributed by atoms with Crippen molar-refractivity contribution in [3.63, 3.8) is 0 Å². The molecule has 90 valence electrons. The van der Waals surface area contributed by atoms with Crippen LogP contribution in [0.3, 0.4) is 0 Å². The Morgan fingerprint density at radius 2 is 1.75 bits per heavy atom. The molecular weight excluding hydrogens is 204 g/mol. The molecular formula is C13H20O3. The maximum atomic E-state index is 9.68. The second-order valence-corrected chi connectivity index (χ2v) is 4.17. The maximum absolute atomic E-state index is 9.68. The quantitative estimate of drug-likeness (QED) is 0.771. The number of benzene rings is 1. The number of hydrogen-bond donors (Lipinski definition) is 2. The van der Waals surface area contributed by atoms with Crippen LogP contribution in [-0.4, -0.2) is 29.0 Å². The summed E-state index contributed by atoms with van der Waals surface area (Å²) < 4.78 is 5.39. The summed E-state index contributed by atoms with van der Waals surface area (Å²) in [6, 6.07) is 9.81. The average molecular weight is 224 g/mol. The lowest BCUT2D eigenvalue weighted by atomic mass is 10.0. The summed E-state index contributed by atoms with van der Waals surface area (Å²) in [5.74, 6) is -0.171. The number of ether oxygens (including phenoxy) is 1. The van der Waals surface area contributed by atoms with Crippen molar-refractivity contribution in [1.82, 2.24) is 0 Å². The summed E-state index contributed by atoms with van der Waals surface area (Å²) in [6.07, 6.45) is -1.14. The first-order valence-corrected chi connectivity index (χ1v) is 5.59. The van der Waals surface area contributed by atoms with E-state index in [0.717, 1.165) is 5.56 Å². The Kier molecular flexibility index (Phi) is 5.46. The van der Waals surface area contributed by atoms with Crippen LogP contribution in [0.25, 0.3) is 0 Å². The van der Waals surface area contributed by atoms with Crippen LogP contribution in [0, 0.1) is 5.92 Å². The largest absolute Gasteiger partial charge is 0.393 e. The number of aliphatic hydroxyl groups is 2. The van der Waals surface area contributed by atoms with E-state index in [4.69, 9.17) is 4.74 Å². The third kappa shape index (κ3) is 4.31. The Morgan fingerprint density at radius 3 is 2.31 bits per heavy atom. The van der Waals surface area contributed by atoms with E-state index in [1.807, 2.05) is 30.3 Å². The van der Waals surface area contributed by atoms with Crippen LogP contribution < -0.4 is 0 Å². The lowest BCUT2D eigenvalue weighted by Crippen LogP contribution is -2.31. The Bertz CT molecular complexity index is 284. The van der Waals surface area contributed by atoms with Gasteiger partial charge in [-0.2, -0.15) is 0 Å². The minimum Gasteiger partial charge on any atom is -0.393 e. The topological polar surface area (TPSA) is 49.7 Å². The van der Waals surface area contributed by atoms with E-state index in [9.17, 15) is 10.2 Å². The molecule has 0 bridgehead atoms. The van der Waals surface area contributed by atoms with Crippen molar-refractivity contribution >= 4 is 0 Å². The SMILES string of the molecule is C[C@@H]([C@H](C)O)[C@@H](O)COCc1ccccc1. The van der Waals surface area contributed by atoms with Crippen LogP contribution >= 0.6 is 0 Å². The molecule has 0 radical (unpaired) electrons. The lowest BCUT2D eigenvalue weighted by molar-refractivity contribution is -0.0307. The molecule has 0 amide bonds. The predicted molar refractivity (Wildman–Crippen MR) is 62.9 cm³/mol. The van der Waals surface area contributed by atoms with Gasteiger partial charge in [-0.1, -0.05) is 37.3 Å². The van der Waals surface area contributed by atoms with Gasteiger partial charge in [0.25, 0.3) is 0 Å². The average Bonchev–Trinajstić information content (AvgIpc) is 2.29. The number of hydrogen-bond acceptors (Lipinski definition) is 3. The minimum atomic E-state index is -0.622. The second-order valence-electron chi connectivity index (χ2n) is 4.17. The third-order valence-corrected chi connectivity index (χ3v) is 2.77. The predicted octanol–water partition coefficient (Wildman–Crippen LogP) is 1.58. The van der Waals surface area contributed by atoms with E-state index in [1.54, 1.807) is 13.8 Å². The van der Waals surface area contributed by atoms with E-state index < -0.39 is 12.2 Å². The van der Waals surface area contributed by atoms with E-state index in [2.05, 4.69) is 0 Å². The molecule has 1 aromatic carbocycles. The highest BCUT2D eigenvalue weighted by molar-refractivity contribution is 5.13. The first-order chi connectivity index (χ1) is 7.61. The summed E-state index contributed by atoms with van der Waals surface area (Å²) in [5.41, 5.74) is 1.08. The van der Waals surface area contributed by atoms with Crippen LogP contribution in [0.4, 0.5) is 0 Å². The molecule has 0 aliphatic carbocycles. The maximum Gasteiger partial charge on any atom is 0.0823 e. The van der Waals surface area contributed by atoms with E-state index in [-0.39, 0.29) is 12.5 Å². The van der Waals surface area contributed by atoms with Gasteiger partial charge in [-0.05, 0) is 12.5 Å². The monoisotopic (exact) mass is 224 g/mol. The zero-order valence-corrected chi connectivity index (χ0v) is 9.84. The molecule has 0 aliphatic rings.